The van der Waals surface area contributed by atoms with Gasteiger partial charge in [-0.2, -0.15) is 0 Å². The van der Waals surface area contributed by atoms with Crippen molar-refractivity contribution < 1.29 is 0 Å². The molecule has 0 aromatic heterocycles. The first-order valence-electron chi connectivity index (χ1n) is 9.07. The molecule has 0 aliphatic heterocycles. The molecule has 0 aromatic rings. The highest BCUT2D eigenvalue weighted by molar-refractivity contribution is 4.94. The number of hydrogen-bond acceptors (Lipinski definition) is 2. The average molecular weight is 280 g/mol. The van der Waals surface area contributed by atoms with Crippen LogP contribution >= 0.6 is 0 Å². The van der Waals surface area contributed by atoms with Gasteiger partial charge in [-0.3, -0.25) is 4.90 Å². The topological polar surface area (TPSA) is 15.3 Å². The van der Waals surface area contributed by atoms with Crippen molar-refractivity contribution in [1.82, 2.24) is 10.2 Å². The summed E-state index contributed by atoms with van der Waals surface area (Å²) >= 11 is 0. The highest BCUT2D eigenvalue weighted by Gasteiger charge is 2.38. The lowest BCUT2D eigenvalue weighted by Gasteiger charge is -2.48. The molecule has 0 spiro atoms. The Morgan fingerprint density at radius 2 is 1.70 bits per heavy atom. The second kappa shape index (κ2) is 7.79. The first kappa shape index (κ1) is 16.3. The van der Waals surface area contributed by atoms with E-state index in [4.69, 9.17) is 0 Å². The van der Waals surface area contributed by atoms with Gasteiger partial charge in [-0.15, -0.1) is 0 Å². The van der Waals surface area contributed by atoms with Crippen molar-refractivity contribution in [2.75, 3.05) is 13.1 Å². The van der Waals surface area contributed by atoms with Gasteiger partial charge in [0, 0.05) is 18.1 Å². The molecule has 0 radical (unpaired) electrons. The fourth-order valence-corrected chi connectivity index (χ4v) is 3.88. The molecule has 0 bridgehead atoms. The maximum absolute atomic E-state index is 3.66. The summed E-state index contributed by atoms with van der Waals surface area (Å²) < 4.78 is 0. The van der Waals surface area contributed by atoms with Crippen LogP contribution in [0, 0.1) is 11.8 Å². The van der Waals surface area contributed by atoms with Crippen molar-refractivity contribution in [1.29, 1.82) is 0 Å². The van der Waals surface area contributed by atoms with Gasteiger partial charge in [0.05, 0.1) is 0 Å². The number of nitrogens with zero attached hydrogens (tertiary/aromatic N) is 1. The highest BCUT2D eigenvalue weighted by Crippen LogP contribution is 2.37. The molecule has 0 saturated heterocycles. The second-order valence-corrected chi connectivity index (χ2v) is 7.83. The van der Waals surface area contributed by atoms with E-state index in [0.29, 0.717) is 6.04 Å². The van der Waals surface area contributed by atoms with E-state index < -0.39 is 0 Å². The third-order valence-corrected chi connectivity index (χ3v) is 5.35. The SMILES string of the molecule is CC(C)CCN(C1CCCC1)C1CCC1CNC(C)C. The fraction of sp³-hybridized carbons (Fsp3) is 1.00. The van der Waals surface area contributed by atoms with E-state index in [1.165, 1.54) is 58.0 Å². The quantitative estimate of drug-likeness (QED) is 0.721. The first-order chi connectivity index (χ1) is 9.58. The van der Waals surface area contributed by atoms with Crippen LogP contribution in [0.5, 0.6) is 0 Å². The van der Waals surface area contributed by atoms with E-state index in [2.05, 4.69) is 37.9 Å². The smallest absolute Gasteiger partial charge is 0.0139 e. The molecule has 2 atom stereocenters. The largest absolute Gasteiger partial charge is 0.314 e. The molecule has 0 heterocycles. The van der Waals surface area contributed by atoms with E-state index in [1.807, 2.05) is 0 Å². The lowest BCUT2D eigenvalue weighted by Crippen LogP contribution is -2.54. The van der Waals surface area contributed by atoms with Crippen LogP contribution < -0.4 is 5.32 Å². The first-order valence-corrected chi connectivity index (χ1v) is 9.07. The zero-order valence-electron chi connectivity index (χ0n) is 14.2. The molecule has 2 saturated carbocycles. The zero-order chi connectivity index (χ0) is 14.5. The van der Waals surface area contributed by atoms with Crippen molar-refractivity contribution in [2.24, 2.45) is 11.8 Å². The molecule has 2 heteroatoms. The summed E-state index contributed by atoms with van der Waals surface area (Å²) in [4.78, 5) is 2.92. The molecule has 2 fully saturated rings. The predicted octanol–water partition coefficient (Wildman–Crippen LogP) is 4.05. The van der Waals surface area contributed by atoms with Crippen LogP contribution in [0.15, 0.2) is 0 Å². The summed E-state index contributed by atoms with van der Waals surface area (Å²) in [6, 6.07) is 2.41. The highest BCUT2D eigenvalue weighted by atomic mass is 15.2. The van der Waals surface area contributed by atoms with E-state index in [0.717, 1.165) is 23.9 Å². The monoisotopic (exact) mass is 280 g/mol. The minimum absolute atomic E-state index is 0.631. The van der Waals surface area contributed by atoms with Gasteiger partial charge >= 0.3 is 0 Å². The van der Waals surface area contributed by atoms with Gasteiger partial charge in [0.25, 0.3) is 0 Å². The van der Waals surface area contributed by atoms with E-state index in [1.54, 1.807) is 0 Å². The molecule has 2 rings (SSSR count). The molecule has 2 aliphatic rings. The Morgan fingerprint density at radius 1 is 1.00 bits per heavy atom. The number of hydrogen-bond donors (Lipinski definition) is 1. The molecule has 2 nitrogen and oxygen atoms in total. The molecule has 118 valence electrons. The van der Waals surface area contributed by atoms with Gasteiger partial charge in [-0.1, -0.05) is 40.5 Å². The molecular weight excluding hydrogens is 244 g/mol. The maximum Gasteiger partial charge on any atom is 0.0139 e. The minimum atomic E-state index is 0.631. The van der Waals surface area contributed by atoms with Crippen LogP contribution in [-0.2, 0) is 0 Å². The fourth-order valence-electron chi connectivity index (χ4n) is 3.88. The van der Waals surface area contributed by atoms with Crippen molar-refractivity contribution in [3.63, 3.8) is 0 Å². The van der Waals surface area contributed by atoms with Gasteiger partial charge in [0.15, 0.2) is 0 Å². The summed E-state index contributed by atoms with van der Waals surface area (Å²) in [6.07, 6.45) is 10.1. The van der Waals surface area contributed by atoms with Crippen LogP contribution in [0.4, 0.5) is 0 Å². The Balaban J connectivity index is 1.87. The van der Waals surface area contributed by atoms with Crippen molar-refractivity contribution in [3.8, 4) is 0 Å². The predicted molar refractivity (Wildman–Crippen MR) is 88.1 cm³/mol. The van der Waals surface area contributed by atoms with Crippen LogP contribution in [0.1, 0.15) is 72.6 Å². The Kier molecular flexibility index (Phi) is 6.35. The summed E-state index contributed by atoms with van der Waals surface area (Å²) in [5, 5.41) is 3.66. The number of nitrogens with one attached hydrogen (secondary N) is 1. The standard InChI is InChI=1S/C18H36N2/c1-14(2)11-12-20(17-7-5-6-8-17)18-10-9-16(18)13-19-15(3)4/h14-19H,5-13H2,1-4H3. The van der Waals surface area contributed by atoms with E-state index >= 15 is 0 Å². The van der Waals surface area contributed by atoms with Gasteiger partial charge < -0.3 is 5.32 Å². The van der Waals surface area contributed by atoms with Crippen LogP contribution in [0.3, 0.4) is 0 Å². The van der Waals surface area contributed by atoms with Gasteiger partial charge in [0.2, 0.25) is 0 Å². The summed E-state index contributed by atoms with van der Waals surface area (Å²) in [5.41, 5.74) is 0. The van der Waals surface area contributed by atoms with Crippen molar-refractivity contribution >= 4 is 0 Å². The Bertz CT molecular complexity index is 269. The van der Waals surface area contributed by atoms with Crippen LogP contribution in [0.25, 0.3) is 0 Å². The Hall–Kier alpha value is -0.0800. The van der Waals surface area contributed by atoms with Crippen molar-refractivity contribution in [2.45, 2.75) is 90.8 Å². The Labute approximate surface area is 126 Å². The van der Waals surface area contributed by atoms with E-state index in [-0.39, 0.29) is 0 Å². The molecule has 2 unspecified atom stereocenters. The third kappa shape index (κ3) is 4.46. The second-order valence-electron chi connectivity index (χ2n) is 7.83. The van der Waals surface area contributed by atoms with E-state index in [9.17, 15) is 0 Å². The van der Waals surface area contributed by atoms with Crippen LogP contribution in [-0.4, -0.2) is 36.1 Å². The van der Waals surface area contributed by atoms with Crippen LogP contribution in [0.2, 0.25) is 0 Å². The lowest BCUT2D eigenvalue weighted by atomic mass is 9.77. The third-order valence-electron chi connectivity index (χ3n) is 5.35. The molecular formula is C18H36N2. The zero-order valence-corrected chi connectivity index (χ0v) is 14.2. The molecule has 20 heavy (non-hydrogen) atoms. The van der Waals surface area contributed by atoms with Crippen molar-refractivity contribution in [3.05, 3.63) is 0 Å². The summed E-state index contributed by atoms with van der Waals surface area (Å²) in [6.45, 7) is 11.8. The average Bonchev–Trinajstić information content (AvgIpc) is 2.85. The lowest BCUT2D eigenvalue weighted by molar-refractivity contribution is 0.0246. The molecule has 0 aromatic carbocycles. The number of rotatable bonds is 8. The minimum Gasteiger partial charge on any atom is -0.314 e. The molecule has 0 amide bonds. The van der Waals surface area contributed by atoms with Gasteiger partial charge in [-0.25, -0.2) is 0 Å². The maximum atomic E-state index is 3.66. The Morgan fingerprint density at radius 3 is 2.20 bits per heavy atom. The van der Waals surface area contributed by atoms with Gasteiger partial charge in [0.1, 0.15) is 0 Å². The normalized spacial score (nSPS) is 27.8. The molecule has 2 aliphatic carbocycles. The summed E-state index contributed by atoms with van der Waals surface area (Å²) in [5.74, 6) is 1.75. The summed E-state index contributed by atoms with van der Waals surface area (Å²) in [7, 11) is 0. The molecule has 1 N–H and O–H groups in total. The van der Waals surface area contributed by atoms with Gasteiger partial charge in [-0.05, 0) is 57.0 Å².